The van der Waals surface area contributed by atoms with E-state index >= 15 is 0 Å². The molecule has 0 bridgehead atoms. The number of carbonyl (C=O) groups excluding carboxylic acids is 1. The maximum Gasteiger partial charge on any atom is 0.255 e. The van der Waals surface area contributed by atoms with Crippen molar-refractivity contribution in [2.75, 3.05) is 18.5 Å². The van der Waals surface area contributed by atoms with E-state index in [-0.39, 0.29) is 5.91 Å². The lowest BCUT2D eigenvalue weighted by Gasteiger charge is -2.15. The highest BCUT2D eigenvalue weighted by atomic mass is 127. The van der Waals surface area contributed by atoms with Gasteiger partial charge in [0.2, 0.25) is 0 Å². The van der Waals surface area contributed by atoms with Gasteiger partial charge in [-0.15, -0.1) is 0 Å². The molecule has 0 aliphatic carbocycles. The molecule has 0 fully saturated rings. The Morgan fingerprint density at radius 2 is 1.63 bits per heavy atom. The fourth-order valence-corrected chi connectivity index (χ4v) is 3.61. The number of aryl methyl sites for hydroxylation is 1. The summed E-state index contributed by atoms with van der Waals surface area (Å²) in [6, 6.07) is 18.6. The summed E-state index contributed by atoms with van der Waals surface area (Å²) in [6.45, 7) is 6.83. The summed E-state index contributed by atoms with van der Waals surface area (Å²) in [6.07, 6.45) is 0. The predicted octanol–water partition coefficient (Wildman–Crippen LogP) is 6.44. The van der Waals surface area contributed by atoms with Gasteiger partial charge in [-0.2, -0.15) is 0 Å². The summed E-state index contributed by atoms with van der Waals surface area (Å²) in [4.78, 5) is 12.8. The van der Waals surface area contributed by atoms with Crippen LogP contribution in [0.4, 0.5) is 5.69 Å². The molecule has 0 saturated heterocycles. The zero-order chi connectivity index (χ0) is 21.5. The Bertz CT molecular complexity index is 1020. The van der Waals surface area contributed by atoms with E-state index in [0.29, 0.717) is 41.7 Å². The summed E-state index contributed by atoms with van der Waals surface area (Å²) in [5, 5.41) is 2.91. The second-order valence-electron chi connectivity index (χ2n) is 6.50. The van der Waals surface area contributed by atoms with Crippen molar-refractivity contribution in [3.05, 3.63) is 75.4 Å². The lowest BCUT2D eigenvalue weighted by molar-refractivity contribution is 0.102. The van der Waals surface area contributed by atoms with Crippen LogP contribution < -0.4 is 19.5 Å². The Morgan fingerprint density at radius 3 is 2.30 bits per heavy atom. The second kappa shape index (κ2) is 10.3. The van der Waals surface area contributed by atoms with Crippen LogP contribution in [-0.4, -0.2) is 19.1 Å². The monoisotopic (exact) mass is 517 g/mol. The number of nitrogens with one attached hydrogen (secondary N) is 1. The van der Waals surface area contributed by atoms with Gasteiger partial charge >= 0.3 is 0 Å². The standard InChI is InChI=1S/C24H24INO4/c1-4-28-22-15-17(14-20(25)23(22)29-5-2)24(27)26-18-10-12-19(13-11-18)30-21-9-7-6-8-16(21)3/h6-15H,4-5H2,1-3H3,(H,26,27). The van der Waals surface area contributed by atoms with E-state index in [4.69, 9.17) is 14.2 Å². The van der Waals surface area contributed by atoms with Gasteiger partial charge in [0, 0.05) is 11.3 Å². The van der Waals surface area contributed by atoms with E-state index in [2.05, 4.69) is 27.9 Å². The summed E-state index contributed by atoms with van der Waals surface area (Å²) < 4.78 is 18.1. The number of benzene rings is 3. The Hall–Kier alpha value is -2.74. The molecule has 0 saturated carbocycles. The second-order valence-corrected chi connectivity index (χ2v) is 7.66. The largest absolute Gasteiger partial charge is 0.490 e. The first-order valence-electron chi connectivity index (χ1n) is 9.75. The Balaban J connectivity index is 1.73. The Labute approximate surface area is 190 Å². The first-order valence-corrected chi connectivity index (χ1v) is 10.8. The van der Waals surface area contributed by atoms with Crippen LogP contribution in [0.5, 0.6) is 23.0 Å². The van der Waals surface area contributed by atoms with Gasteiger partial charge in [0.25, 0.3) is 5.91 Å². The lowest BCUT2D eigenvalue weighted by atomic mass is 10.1. The van der Waals surface area contributed by atoms with E-state index in [1.807, 2.05) is 69.3 Å². The average Bonchev–Trinajstić information content (AvgIpc) is 2.73. The number of hydrogen-bond donors (Lipinski definition) is 1. The summed E-state index contributed by atoms with van der Waals surface area (Å²) in [5.74, 6) is 2.52. The summed E-state index contributed by atoms with van der Waals surface area (Å²) in [5.41, 5.74) is 2.25. The molecule has 0 aromatic heterocycles. The maximum absolute atomic E-state index is 12.8. The van der Waals surface area contributed by atoms with E-state index in [1.54, 1.807) is 12.1 Å². The topological polar surface area (TPSA) is 56.8 Å². The first kappa shape index (κ1) is 22.0. The van der Waals surface area contributed by atoms with Crippen LogP contribution in [-0.2, 0) is 0 Å². The van der Waals surface area contributed by atoms with Crippen molar-refractivity contribution in [1.29, 1.82) is 0 Å². The molecule has 3 aromatic rings. The number of ether oxygens (including phenoxy) is 3. The zero-order valence-electron chi connectivity index (χ0n) is 17.2. The maximum atomic E-state index is 12.8. The van der Waals surface area contributed by atoms with Crippen LogP contribution in [0, 0.1) is 10.5 Å². The molecule has 5 nitrogen and oxygen atoms in total. The van der Waals surface area contributed by atoms with E-state index in [9.17, 15) is 4.79 Å². The number of halogens is 1. The fraction of sp³-hybridized carbons (Fsp3) is 0.208. The van der Waals surface area contributed by atoms with Crippen LogP contribution in [0.3, 0.4) is 0 Å². The molecular weight excluding hydrogens is 493 g/mol. The zero-order valence-corrected chi connectivity index (χ0v) is 19.4. The smallest absolute Gasteiger partial charge is 0.255 e. The van der Waals surface area contributed by atoms with Crippen molar-refractivity contribution in [3.63, 3.8) is 0 Å². The Morgan fingerprint density at radius 1 is 0.933 bits per heavy atom. The number of rotatable bonds is 8. The highest BCUT2D eigenvalue weighted by Crippen LogP contribution is 2.34. The van der Waals surface area contributed by atoms with Crippen molar-refractivity contribution in [2.24, 2.45) is 0 Å². The van der Waals surface area contributed by atoms with Crippen molar-refractivity contribution in [1.82, 2.24) is 0 Å². The van der Waals surface area contributed by atoms with Crippen molar-refractivity contribution < 1.29 is 19.0 Å². The van der Waals surface area contributed by atoms with Crippen LogP contribution in [0.25, 0.3) is 0 Å². The molecule has 1 N–H and O–H groups in total. The molecule has 0 spiro atoms. The van der Waals surface area contributed by atoms with E-state index in [0.717, 1.165) is 14.9 Å². The van der Waals surface area contributed by atoms with Gasteiger partial charge in [-0.25, -0.2) is 0 Å². The SMILES string of the molecule is CCOc1cc(C(=O)Nc2ccc(Oc3ccccc3C)cc2)cc(I)c1OCC. The average molecular weight is 517 g/mol. The normalized spacial score (nSPS) is 10.4. The minimum atomic E-state index is -0.218. The molecule has 0 heterocycles. The minimum Gasteiger partial charge on any atom is -0.490 e. The van der Waals surface area contributed by atoms with Crippen molar-refractivity contribution in [3.8, 4) is 23.0 Å². The number of anilines is 1. The van der Waals surface area contributed by atoms with Crippen LogP contribution >= 0.6 is 22.6 Å². The van der Waals surface area contributed by atoms with Crippen molar-refractivity contribution in [2.45, 2.75) is 20.8 Å². The summed E-state index contributed by atoms with van der Waals surface area (Å²) >= 11 is 2.15. The first-order chi connectivity index (χ1) is 14.5. The molecular formula is C24H24INO4. The Kier molecular flexibility index (Phi) is 7.57. The molecule has 0 aliphatic heterocycles. The molecule has 6 heteroatoms. The quantitative estimate of drug-likeness (QED) is 0.350. The molecule has 156 valence electrons. The van der Waals surface area contributed by atoms with Gasteiger partial charge in [0.15, 0.2) is 11.5 Å². The molecule has 0 aliphatic rings. The number of hydrogen-bond acceptors (Lipinski definition) is 4. The van der Waals surface area contributed by atoms with Gasteiger partial charge in [0.1, 0.15) is 11.5 Å². The van der Waals surface area contributed by atoms with Crippen molar-refractivity contribution >= 4 is 34.2 Å². The summed E-state index contributed by atoms with van der Waals surface area (Å²) in [7, 11) is 0. The fourth-order valence-electron chi connectivity index (χ4n) is 2.85. The molecule has 0 radical (unpaired) electrons. The highest BCUT2D eigenvalue weighted by Gasteiger charge is 2.16. The van der Waals surface area contributed by atoms with Gasteiger partial charge in [0.05, 0.1) is 16.8 Å². The third-order valence-corrected chi connectivity index (χ3v) is 5.10. The van der Waals surface area contributed by atoms with Gasteiger partial charge in [-0.1, -0.05) is 18.2 Å². The molecule has 1 amide bonds. The number of carbonyl (C=O) groups is 1. The molecule has 30 heavy (non-hydrogen) atoms. The number of para-hydroxylation sites is 1. The van der Waals surface area contributed by atoms with Gasteiger partial charge in [-0.05, 0) is 91.4 Å². The predicted molar refractivity (Wildman–Crippen MR) is 127 cm³/mol. The van der Waals surface area contributed by atoms with Gasteiger partial charge in [-0.3, -0.25) is 4.79 Å². The third-order valence-electron chi connectivity index (χ3n) is 4.29. The van der Waals surface area contributed by atoms with Crippen LogP contribution in [0.2, 0.25) is 0 Å². The molecule has 0 unspecified atom stereocenters. The van der Waals surface area contributed by atoms with Crippen LogP contribution in [0.1, 0.15) is 29.8 Å². The number of amides is 1. The van der Waals surface area contributed by atoms with Crippen LogP contribution in [0.15, 0.2) is 60.7 Å². The molecule has 3 aromatic carbocycles. The highest BCUT2D eigenvalue weighted by molar-refractivity contribution is 14.1. The minimum absolute atomic E-state index is 0.218. The molecule has 3 rings (SSSR count). The molecule has 0 atom stereocenters. The van der Waals surface area contributed by atoms with Gasteiger partial charge < -0.3 is 19.5 Å². The van der Waals surface area contributed by atoms with E-state index < -0.39 is 0 Å². The lowest BCUT2D eigenvalue weighted by Crippen LogP contribution is -2.13. The third kappa shape index (κ3) is 5.44. The van der Waals surface area contributed by atoms with E-state index in [1.165, 1.54) is 0 Å².